The molecular formula is C13H14ClFN2OS. The molecule has 0 saturated heterocycles. The number of rotatable bonds is 3. The summed E-state index contributed by atoms with van der Waals surface area (Å²) in [6, 6.07) is 3.92. The summed E-state index contributed by atoms with van der Waals surface area (Å²) in [5.74, 6) is -0.911. The third-order valence-corrected chi connectivity index (χ3v) is 3.99. The van der Waals surface area contributed by atoms with E-state index in [4.69, 9.17) is 29.6 Å². The SMILES string of the molecule is NC(=S)C1CCCC1NC(=O)c1ccc(Cl)c(F)c1. The lowest BCUT2D eigenvalue weighted by molar-refractivity contribution is 0.0933. The number of halogens is 2. The van der Waals surface area contributed by atoms with E-state index in [1.54, 1.807) is 0 Å². The van der Waals surface area contributed by atoms with E-state index in [0.717, 1.165) is 25.3 Å². The van der Waals surface area contributed by atoms with Gasteiger partial charge in [0.1, 0.15) is 5.82 Å². The lowest BCUT2D eigenvalue weighted by atomic mass is 10.0. The van der Waals surface area contributed by atoms with Gasteiger partial charge in [-0.05, 0) is 31.0 Å². The number of nitrogens with two attached hydrogens (primary N) is 1. The summed E-state index contributed by atoms with van der Waals surface area (Å²) < 4.78 is 13.3. The molecule has 1 aromatic carbocycles. The zero-order chi connectivity index (χ0) is 14.0. The molecule has 2 atom stereocenters. The van der Waals surface area contributed by atoms with E-state index in [-0.39, 0.29) is 28.5 Å². The van der Waals surface area contributed by atoms with Crippen molar-refractivity contribution in [2.24, 2.45) is 11.7 Å². The van der Waals surface area contributed by atoms with Gasteiger partial charge in [-0.15, -0.1) is 0 Å². The molecule has 2 rings (SSSR count). The first-order valence-electron chi connectivity index (χ1n) is 6.04. The normalized spacial score (nSPS) is 22.2. The molecule has 6 heteroatoms. The molecule has 3 N–H and O–H groups in total. The van der Waals surface area contributed by atoms with E-state index in [2.05, 4.69) is 5.32 Å². The van der Waals surface area contributed by atoms with E-state index in [9.17, 15) is 9.18 Å². The Morgan fingerprint density at radius 3 is 2.84 bits per heavy atom. The van der Waals surface area contributed by atoms with E-state index >= 15 is 0 Å². The molecule has 2 unspecified atom stereocenters. The van der Waals surface area contributed by atoms with Crippen LogP contribution in [0, 0.1) is 11.7 Å². The molecule has 1 aliphatic carbocycles. The van der Waals surface area contributed by atoms with E-state index in [1.165, 1.54) is 12.1 Å². The van der Waals surface area contributed by atoms with Crippen molar-refractivity contribution in [3.05, 3.63) is 34.6 Å². The number of carbonyl (C=O) groups excluding carboxylic acids is 1. The summed E-state index contributed by atoms with van der Waals surface area (Å²) in [5, 5.41) is 2.86. The Labute approximate surface area is 121 Å². The van der Waals surface area contributed by atoms with Gasteiger partial charge in [-0.3, -0.25) is 4.79 Å². The maximum Gasteiger partial charge on any atom is 0.251 e. The van der Waals surface area contributed by atoms with Crippen LogP contribution in [0.25, 0.3) is 0 Å². The van der Waals surface area contributed by atoms with Crippen molar-refractivity contribution in [3.8, 4) is 0 Å². The number of nitrogens with one attached hydrogen (secondary N) is 1. The number of benzene rings is 1. The quantitative estimate of drug-likeness (QED) is 0.844. The lowest BCUT2D eigenvalue weighted by Gasteiger charge is -2.19. The van der Waals surface area contributed by atoms with Gasteiger partial charge >= 0.3 is 0 Å². The topological polar surface area (TPSA) is 55.1 Å². The van der Waals surface area contributed by atoms with Crippen LogP contribution in [0.15, 0.2) is 18.2 Å². The second kappa shape index (κ2) is 5.84. The first-order valence-corrected chi connectivity index (χ1v) is 6.83. The fourth-order valence-electron chi connectivity index (χ4n) is 2.36. The summed E-state index contributed by atoms with van der Waals surface area (Å²) in [4.78, 5) is 12.4. The summed E-state index contributed by atoms with van der Waals surface area (Å²) in [6.45, 7) is 0. The van der Waals surface area contributed by atoms with Crippen molar-refractivity contribution in [3.63, 3.8) is 0 Å². The Morgan fingerprint density at radius 1 is 1.47 bits per heavy atom. The van der Waals surface area contributed by atoms with Gasteiger partial charge in [0.15, 0.2) is 0 Å². The molecule has 1 aromatic rings. The molecule has 0 radical (unpaired) electrons. The highest BCUT2D eigenvalue weighted by Crippen LogP contribution is 2.26. The third kappa shape index (κ3) is 3.22. The highest BCUT2D eigenvalue weighted by atomic mass is 35.5. The number of hydrogen-bond donors (Lipinski definition) is 2. The predicted octanol–water partition coefficient (Wildman–Crippen LogP) is 2.66. The molecule has 0 spiro atoms. The van der Waals surface area contributed by atoms with Crippen LogP contribution in [0.2, 0.25) is 5.02 Å². The van der Waals surface area contributed by atoms with Gasteiger partial charge in [-0.25, -0.2) is 4.39 Å². The summed E-state index contributed by atoms with van der Waals surface area (Å²) in [5.41, 5.74) is 5.90. The maximum atomic E-state index is 13.3. The van der Waals surface area contributed by atoms with Crippen molar-refractivity contribution in [1.82, 2.24) is 5.32 Å². The van der Waals surface area contributed by atoms with Crippen LogP contribution in [0.1, 0.15) is 29.6 Å². The minimum absolute atomic E-state index is 0.00145. The largest absolute Gasteiger partial charge is 0.393 e. The number of thiocarbonyl (C=S) groups is 1. The predicted molar refractivity (Wildman–Crippen MR) is 76.8 cm³/mol. The average Bonchev–Trinajstić information content (AvgIpc) is 2.80. The zero-order valence-electron chi connectivity index (χ0n) is 10.2. The van der Waals surface area contributed by atoms with Crippen molar-refractivity contribution in [2.45, 2.75) is 25.3 Å². The molecule has 1 saturated carbocycles. The van der Waals surface area contributed by atoms with Gasteiger partial charge in [0.25, 0.3) is 5.91 Å². The molecule has 0 aliphatic heterocycles. The first kappa shape index (κ1) is 14.2. The monoisotopic (exact) mass is 300 g/mol. The van der Waals surface area contributed by atoms with E-state index < -0.39 is 5.82 Å². The lowest BCUT2D eigenvalue weighted by Crippen LogP contribution is -2.41. The Balaban J connectivity index is 2.08. The van der Waals surface area contributed by atoms with Gasteiger partial charge in [0, 0.05) is 17.5 Å². The van der Waals surface area contributed by atoms with Gasteiger partial charge in [0.05, 0.1) is 10.0 Å². The van der Waals surface area contributed by atoms with Crippen molar-refractivity contribution in [1.29, 1.82) is 0 Å². The van der Waals surface area contributed by atoms with E-state index in [0.29, 0.717) is 4.99 Å². The van der Waals surface area contributed by atoms with Crippen LogP contribution in [-0.2, 0) is 0 Å². The minimum atomic E-state index is -0.605. The van der Waals surface area contributed by atoms with E-state index in [1.807, 2.05) is 0 Å². The van der Waals surface area contributed by atoms with Gasteiger partial charge < -0.3 is 11.1 Å². The molecule has 102 valence electrons. The summed E-state index contributed by atoms with van der Waals surface area (Å²) in [7, 11) is 0. The van der Waals surface area contributed by atoms with Crippen molar-refractivity contribution < 1.29 is 9.18 Å². The molecule has 0 bridgehead atoms. The van der Waals surface area contributed by atoms with Gasteiger partial charge in [-0.2, -0.15) is 0 Å². The fourth-order valence-corrected chi connectivity index (χ4v) is 2.76. The molecule has 3 nitrogen and oxygen atoms in total. The molecule has 0 aromatic heterocycles. The van der Waals surface area contributed by atoms with Crippen molar-refractivity contribution >= 4 is 34.7 Å². The summed E-state index contributed by atoms with van der Waals surface area (Å²) >= 11 is 10.6. The standard InChI is InChI=1S/C13H14ClFN2OS/c14-9-5-4-7(6-10(9)15)13(18)17-11-3-1-2-8(11)12(16)19/h4-6,8,11H,1-3H2,(H2,16,19)(H,17,18). The molecular weight excluding hydrogens is 287 g/mol. The second-order valence-corrected chi connectivity index (χ2v) is 5.53. The maximum absolute atomic E-state index is 13.3. The molecule has 1 fully saturated rings. The fraction of sp³-hybridized carbons (Fsp3) is 0.385. The summed E-state index contributed by atoms with van der Waals surface area (Å²) in [6.07, 6.45) is 2.70. The number of carbonyl (C=O) groups is 1. The van der Waals surface area contributed by atoms with Gasteiger partial charge in [0.2, 0.25) is 0 Å². The third-order valence-electron chi connectivity index (χ3n) is 3.38. The van der Waals surface area contributed by atoms with Crippen LogP contribution in [0.3, 0.4) is 0 Å². The molecule has 1 aliphatic rings. The van der Waals surface area contributed by atoms with Crippen LogP contribution in [0.5, 0.6) is 0 Å². The van der Waals surface area contributed by atoms with Crippen molar-refractivity contribution in [2.75, 3.05) is 0 Å². The van der Waals surface area contributed by atoms with Crippen LogP contribution in [0.4, 0.5) is 4.39 Å². The van der Waals surface area contributed by atoms with Gasteiger partial charge in [-0.1, -0.05) is 30.2 Å². The van der Waals surface area contributed by atoms with Crippen LogP contribution in [-0.4, -0.2) is 16.9 Å². The number of amides is 1. The van der Waals surface area contributed by atoms with Crippen LogP contribution < -0.4 is 11.1 Å². The first-order chi connectivity index (χ1) is 8.99. The molecule has 0 heterocycles. The second-order valence-electron chi connectivity index (χ2n) is 4.65. The Kier molecular flexibility index (Phi) is 4.37. The minimum Gasteiger partial charge on any atom is -0.393 e. The highest BCUT2D eigenvalue weighted by Gasteiger charge is 2.30. The number of hydrogen-bond acceptors (Lipinski definition) is 2. The highest BCUT2D eigenvalue weighted by molar-refractivity contribution is 7.80. The Hall–Kier alpha value is -1.20. The molecule has 1 amide bonds. The molecule has 19 heavy (non-hydrogen) atoms. The smallest absolute Gasteiger partial charge is 0.251 e. The average molecular weight is 301 g/mol. The zero-order valence-corrected chi connectivity index (χ0v) is 11.7. The van der Waals surface area contributed by atoms with Crippen LogP contribution >= 0.6 is 23.8 Å². The Bertz CT molecular complexity index is 523. The Morgan fingerprint density at radius 2 is 2.21 bits per heavy atom.